The summed E-state index contributed by atoms with van der Waals surface area (Å²) in [7, 11) is 0. The van der Waals surface area contributed by atoms with E-state index in [1.807, 2.05) is 11.4 Å². The summed E-state index contributed by atoms with van der Waals surface area (Å²) in [6.45, 7) is 4.19. The molecular formula is C10H14O2S. The van der Waals surface area contributed by atoms with E-state index in [2.05, 4.69) is 13.8 Å². The molecule has 0 radical (unpaired) electrons. The van der Waals surface area contributed by atoms with E-state index in [-0.39, 0.29) is 0 Å². The summed E-state index contributed by atoms with van der Waals surface area (Å²) < 4.78 is 0. The molecule has 1 aromatic rings. The molecule has 0 aliphatic carbocycles. The maximum Gasteiger partial charge on any atom is 0.346 e. The first kappa shape index (κ1) is 10.3. The zero-order valence-corrected chi connectivity index (χ0v) is 8.73. The van der Waals surface area contributed by atoms with Crippen LogP contribution in [0.2, 0.25) is 0 Å². The fourth-order valence-electron chi connectivity index (χ4n) is 1.54. The lowest BCUT2D eigenvalue weighted by atomic mass is 9.94. The molecule has 0 saturated heterocycles. The molecule has 2 nitrogen and oxygen atoms in total. The second kappa shape index (κ2) is 4.42. The average molecular weight is 198 g/mol. The Labute approximate surface area is 82.2 Å². The molecule has 72 valence electrons. The first-order valence-corrected chi connectivity index (χ1v) is 5.39. The summed E-state index contributed by atoms with van der Waals surface area (Å²) in [5, 5.41) is 10.8. The molecule has 0 aromatic carbocycles. The van der Waals surface area contributed by atoms with Gasteiger partial charge in [-0.3, -0.25) is 0 Å². The number of carbonyl (C=O) groups is 1. The number of thiophene rings is 1. The van der Waals surface area contributed by atoms with Crippen LogP contribution in [-0.2, 0) is 0 Å². The minimum Gasteiger partial charge on any atom is -0.477 e. The first-order valence-electron chi connectivity index (χ1n) is 4.51. The van der Waals surface area contributed by atoms with Crippen molar-refractivity contribution in [2.45, 2.75) is 32.6 Å². The van der Waals surface area contributed by atoms with Gasteiger partial charge < -0.3 is 5.11 Å². The fourth-order valence-corrected chi connectivity index (χ4v) is 2.37. The predicted molar refractivity (Wildman–Crippen MR) is 54.6 cm³/mol. The van der Waals surface area contributed by atoms with Crippen LogP contribution in [0.1, 0.15) is 47.8 Å². The Balaban J connectivity index is 2.98. The summed E-state index contributed by atoms with van der Waals surface area (Å²) in [6.07, 6.45) is 2.01. The van der Waals surface area contributed by atoms with Crippen molar-refractivity contribution in [3.05, 3.63) is 21.9 Å². The van der Waals surface area contributed by atoms with E-state index in [4.69, 9.17) is 5.11 Å². The summed E-state index contributed by atoms with van der Waals surface area (Å²) >= 11 is 1.32. The average Bonchev–Trinajstić information content (AvgIpc) is 2.55. The van der Waals surface area contributed by atoms with E-state index in [0.29, 0.717) is 10.8 Å². The van der Waals surface area contributed by atoms with Crippen LogP contribution in [0.5, 0.6) is 0 Å². The van der Waals surface area contributed by atoms with Gasteiger partial charge in [0.25, 0.3) is 0 Å². The van der Waals surface area contributed by atoms with Gasteiger partial charge in [0.2, 0.25) is 0 Å². The fraction of sp³-hybridized carbons (Fsp3) is 0.500. The van der Waals surface area contributed by atoms with E-state index in [1.54, 1.807) is 0 Å². The van der Waals surface area contributed by atoms with Crippen molar-refractivity contribution in [1.82, 2.24) is 0 Å². The molecule has 13 heavy (non-hydrogen) atoms. The molecular weight excluding hydrogens is 184 g/mol. The molecule has 3 heteroatoms. The lowest BCUT2D eigenvalue weighted by molar-refractivity contribution is 0.0700. The second-order valence-corrected chi connectivity index (χ2v) is 3.94. The Morgan fingerprint density at radius 1 is 1.54 bits per heavy atom. The van der Waals surface area contributed by atoms with Crippen molar-refractivity contribution >= 4 is 17.3 Å². The minimum atomic E-state index is -0.795. The Morgan fingerprint density at radius 3 is 2.62 bits per heavy atom. The van der Waals surface area contributed by atoms with Crippen molar-refractivity contribution in [3.8, 4) is 0 Å². The molecule has 0 aliphatic heterocycles. The molecule has 0 atom stereocenters. The minimum absolute atomic E-state index is 0.400. The quantitative estimate of drug-likeness (QED) is 0.805. The largest absolute Gasteiger partial charge is 0.477 e. The van der Waals surface area contributed by atoms with Crippen LogP contribution in [0.4, 0.5) is 0 Å². The zero-order chi connectivity index (χ0) is 9.84. The second-order valence-electron chi connectivity index (χ2n) is 3.02. The number of carboxylic acid groups (broad SMARTS) is 1. The van der Waals surface area contributed by atoms with Gasteiger partial charge in [0.1, 0.15) is 4.88 Å². The molecule has 0 saturated carbocycles. The van der Waals surface area contributed by atoms with Crippen LogP contribution in [0.3, 0.4) is 0 Å². The highest BCUT2D eigenvalue weighted by atomic mass is 32.1. The first-order chi connectivity index (χ1) is 6.20. The van der Waals surface area contributed by atoms with Crippen LogP contribution < -0.4 is 0 Å². The highest BCUT2D eigenvalue weighted by molar-refractivity contribution is 7.12. The standard InChI is InChI=1S/C10H14O2S/c1-3-7(4-2)8-5-6-13-9(8)10(11)12/h5-7H,3-4H2,1-2H3,(H,11,12). The maximum atomic E-state index is 10.8. The number of hydrogen-bond acceptors (Lipinski definition) is 2. The molecule has 0 amide bonds. The van der Waals surface area contributed by atoms with Crippen LogP contribution in [0, 0.1) is 0 Å². The van der Waals surface area contributed by atoms with Crippen LogP contribution in [0.25, 0.3) is 0 Å². The van der Waals surface area contributed by atoms with Gasteiger partial charge in [0, 0.05) is 0 Å². The van der Waals surface area contributed by atoms with Gasteiger partial charge in [-0.2, -0.15) is 0 Å². The topological polar surface area (TPSA) is 37.3 Å². The van der Waals surface area contributed by atoms with E-state index in [9.17, 15) is 4.79 Å². The number of rotatable bonds is 4. The Morgan fingerprint density at radius 2 is 2.15 bits per heavy atom. The lowest BCUT2D eigenvalue weighted by Crippen LogP contribution is -2.02. The van der Waals surface area contributed by atoms with E-state index in [0.717, 1.165) is 18.4 Å². The summed E-state index contributed by atoms with van der Waals surface area (Å²) in [5.74, 6) is -0.394. The number of aromatic carboxylic acids is 1. The summed E-state index contributed by atoms with van der Waals surface area (Å²) in [6, 6.07) is 1.94. The number of hydrogen-bond donors (Lipinski definition) is 1. The zero-order valence-electron chi connectivity index (χ0n) is 7.91. The van der Waals surface area contributed by atoms with Gasteiger partial charge in [-0.15, -0.1) is 11.3 Å². The van der Waals surface area contributed by atoms with Crippen molar-refractivity contribution in [2.24, 2.45) is 0 Å². The molecule has 0 spiro atoms. The van der Waals surface area contributed by atoms with Gasteiger partial charge >= 0.3 is 5.97 Å². The molecule has 1 N–H and O–H groups in total. The van der Waals surface area contributed by atoms with Crippen molar-refractivity contribution in [1.29, 1.82) is 0 Å². The van der Waals surface area contributed by atoms with E-state index >= 15 is 0 Å². The third-order valence-electron chi connectivity index (χ3n) is 2.32. The van der Waals surface area contributed by atoms with Crippen molar-refractivity contribution in [3.63, 3.8) is 0 Å². The molecule has 0 unspecified atom stereocenters. The normalized spacial score (nSPS) is 10.7. The Bertz CT molecular complexity index is 287. The summed E-state index contributed by atoms with van der Waals surface area (Å²) in [5.41, 5.74) is 1.00. The van der Waals surface area contributed by atoms with Crippen LogP contribution >= 0.6 is 11.3 Å². The van der Waals surface area contributed by atoms with Crippen LogP contribution in [0.15, 0.2) is 11.4 Å². The highest BCUT2D eigenvalue weighted by Gasteiger charge is 2.17. The molecule has 1 aromatic heterocycles. The third-order valence-corrected chi connectivity index (χ3v) is 3.23. The van der Waals surface area contributed by atoms with Crippen molar-refractivity contribution in [2.75, 3.05) is 0 Å². The maximum absolute atomic E-state index is 10.8. The van der Waals surface area contributed by atoms with Gasteiger partial charge in [-0.1, -0.05) is 13.8 Å². The molecule has 0 fully saturated rings. The molecule has 0 bridgehead atoms. The molecule has 1 heterocycles. The van der Waals surface area contributed by atoms with Gasteiger partial charge in [0.05, 0.1) is 0 Å². The number of carboxylic acids is 1. The van der Waals surface area contributed by atoms with E-state index in [1.165, 1.54) is 11.3 Å². The van der Waals surface area contributed by atoms with E-state index < -0.39 is 5.97 Å². The lowest BCUT2D eigenvalue weighted by Gasteiger charge is -2.11. The molecule has 0 aliphatic rings. The SMILES string of the molecule is CCC(CC)c1ccsc1C(=O)O. The van der Waals surface area contributed by atoms with Gasteiger partial charge in [0.15, 0.2) is 0 Å². The highest BCUT2D eigenvalue weighted by Crippen LogP contribution is 2.29. The smallest absolute Gasteiger partial charge is 0.346 e. The Kier molecular flexibility index (Phi) is 3.48. The van der Waals surface area contributed by atoms with Gasteiger partial charge in [-0.05, 0) is 35.8 Å². The monoisotopic (exact) mass is 198 g/mol. The van der Waals surface area contributed by atoms with Crippen LogP contribution in [-0.4, -0.2) is 11.1 Å². The Hall–Kier alpha value is -0.830. The predicted octanol–water partition coefficient (Wildman–Crippen LogP) is 3.35. The third kappa shape index (κ3) is 2.10. The molecule has 1 rings (SSSR count). The van der Waals surface area contributed by atoms with Gasteiger partial charge in [-0.25, -0.2) is 4.79 Å². The van der Waals surface area contributed by atoms with Crippen molar-refractivity contribution < 1.29 is 9.90 Å². The summed E-state index contributed by atoms with van der Waals surface area (Å²) in [4.78, 5) is 11.3.